The molecule has 224 valence electrons. The quantitative estimate of drug-likeness (QED) is 0.220. The van der Waals surface area contributed by atoms with Crippen LogP contribution in [0.4, 0.5) is 18.0 Å². The molecular formula is C29H31F3N4O5S. The van der Waals surface area contributed by atoms with Gasteiger partial charge in [0.25, 0.3) is 0 Å². The van der Waals surface area contributed by atoms with Crippen LogP contribution in [0.1, 0.15) is 39.4 Å². The molecule has 1 aliphatic rings. The number of carbonyl (C=O) groups excluding carboxylic acids is 1. The molecule has 0 unspecified atom stereocenters. The highest BCUT2D eigenvalue weighted by Crippen LogP contribution is 2.47. The number of benzene rings is 1. The fourth-order valence-electron chi connectivity index (χ4n) is 4.95. The molecule has 4 aromatic rings. The number of aromatic nitrogens is 3. The third kappa shape index (κ3) is 5.62. The molecule has 0 radical (unpaired) electrons. The molecule has 9 nitrogen and oxygen atoms in total. The molecule has 0 bridgehead atoms. The zero-order valence-corrected chi connectivity index (χ0v) is 24.9. The second kappa shape index (κ2) is 11.4. The Labute approximate surface area is 244 Å². The number of amides is 1. The monoisotopic (exact) mass is 604 g/mol. The Morgan fingerprint density at radius 3 is 2.52 bits per heavy atom. The number of nitrogens with zero attached hydrogens (tertiary/aromatic N) is 4. The molecule has 1 aliphatic heterocycles. The summed E-state index contributed by atoms with van der Waals surface area (Å²) in [5.41, 5.74) is 0.607. The Balaban J connectivity index is 1.70. The molecule has 42 heavy (non-hydrogen) atoms. The molecule has 3 aromatic heterocycles. The molecule has 4 heterocycles. The Hall–Kier alpha value is -3.84. The van der Waals surface area contributed by atoms with E-state index in [0.717, 1.165) is 23.5 Å². The van der Waals surface area contributed by atoms with Crippen LogP contribution in [0.5, 0.6) is 11.6 Å². The number of thiophene rings is 1. The van der Waals surface area contributed by atoms with Gasteiger partial charge in [0.1, 0.15) is 45.7 Å². The normalized spacial score (nSPS) is 15.2. The van der Waals surface area contributed by atoms with E-state index in [1.54, 1.807) is 36.4 Å². The summed E-state index contributed by atoms with van der Waals surface area (Å²) in [6, 6.07) is 4.40. The van der Waals surface area contributed by atoms with Crippen LogP contribution in [-0.4, -0.2) is 65.3 Å². The van der Waals surface area contributed by atoms with Crippen LogP contribution < -0.4 is 9.47 Å². The summed E-state index contributed by atoms with van der Waals surface area (Å²) < 4.78 is 68.8. The second-order valence-corrected chi connectivity index (χ2v) is 11.8. The maximum atomic E-state index is 15.7. The molecule has 0 saturated heterocycles. The molecular weight excluding hydrogens is 573 g/mol. The second-order valence-electron chi connectivity index (χ2n) is 10.8. The highest BCUT2D eigenvalue weighted by molar-refractivity contribution is 7.18. The predicted octanol–water partition coefficient (Wildman–Crippen LogP) is 6.59. The fraction of sp³-hybridized carbons (Fsp3) is 0.414. The Morgan fingerprint density at radius 1 is 1.07 bits per heavy atom. The van der Waals surface area contributed by atoms with Gasteiger partial charge in [0.2, 0.25) is 5.88 Å². The van der Waals surface area contributed by atoms with Gasteiger partial charge in [-0.15, -0.1) is 11.3 Å². The van der Waals surface area contributed by atoms with E-state index in [0.29, 0.717) is 34.6 Å². The summed E-state index contributed by atoms with van der Waals surface area (Å²) in [6.07, 6.45) is -0.453. The van der Waals surface area contributed by atoms with Crippen LogP contribution in [0.3, 0.4) is 0 Å². The minimum absolute atomic E-state index is 0.0171. The van der Waals surface area contributed by atoms with E-state index >= 15 is 4.39 Å². The summed E-state index contributed by atoms with van der Waals surface area (Å²) in [4.78, 5) is 19.2. The van der Waals surface area contributed by atoms with E-state index in [-0.39, 0.29) is 41.7 Å². The van der Waals surface area contributed by atoms with Crippen LogP contribution in [0.25, 0.3) is 32.6 Å². The lowest BCUT2D eigenvalue weighted by molar-refractivity contribution is 0.0120. The first kappa shape index (κ1) is 29.6. The van der Waals surface area contributed by atoms with Crippen molar-refractivity contribution in [1.82, 2.24) is 19.7 Å². The van der Waals surface area contributed by atoms with E-state index in [4.69, 9.17) is 24.0 Å². The Kier molecular flexibility index (Phi) is 8.08. The highest BCUT2D eigenvalue weighted by atomic mass is 32.1. The van der Waals surface area contributed by atoms with Crippen molar-refractivity contribution in [2.75, 3.05) is 34.0 Å². The first-order valence-electron chi connectivity index (χ1n) is 13.3. The topological polar surface area (TPSA) is 87.9 Å². The molecule has 13 heteroatoms. The average Bonchev–Trinajstić information content (AvgIpc) is 3.51. The number of hydrogen-bond donors (Lipinski definition) is 0. The first-order chi connectivity index (χ1) is 19.9. The first-order valence-corrected chi connectivity index (χ1v) is 14.1. The van der Waals surface area contributed by atoms with Crippen LogP contribution in [0.15, 0.2) is 24.3 Å². The van der Waals surface area contributed by atoms with Crippen molar-refractivity contribution in [2.45, 2.75) is 45.9 Å². The maximum Gasteiger partial charge on any atom is 0.410 e. The third-order valence-corrected chi connectivity index (χ3v) is 7.66. The zero-order chi connectivity index (χ0) is 30.3. The lowest BCUT2D eigenvalue weighted by Gasteiger charge is -2.35. The van der Waals surface area contributed by atoms with Crippen molar-refractivity contribution < 1.29 is 36.9 Å². The Bertz CT molecular complexity index is 1650. The third-order valence-electron chi connectivity index (χ3n) is 6.75. The van der Waals surface area contributed by atoms with E-state index in [2.05, 4.69) is 4.98 Å². The lowest BCUT2D eigenvalue weighted by Crippen LogP contribution is -2.43. The lowest BCUT2D eigenvalue weighted by atomic mass is 9.96. The minimum atomic E-state index is -0.919. The Morgan fingerprint density at radius 2 is 1.83 bits per heavy atom. The van der Waals surface area contributed by atoms with Gasteiger partial charge in [0.15, 0.2) is 5.13 Å². The van der Waals surface area contributed by atoms with E-state index < -0.39 is 34.5 Å². The van der Waals surface area contributed by atoms with Crippen molar-refractivity contribution >= 4 is 27.5 Å². The van der Waals surface area contributed by atoms with Crippen molar-refractivity contribution in [1.29, 1.82) is 0 Å². The summed E-state index contributed by atoms with van der Waals surface area (Å²) in [5, 5.41) is 4.50. The van der Waals surface area contributed by atoms with Gasteiger partial charge in [-0.1, -0.05) is 0 Å². The standard InChI is InChI=1S/C29H31F3N4O5S/c1-15-20-14-19(34-36(20)8-7-35(15)28(37)41-29(2,3)4)25-23(17-13-22(32)42-26(17)27(33-25)39-6)24-18(31)11-16(30)12-21(24)40-10-9-38-5/h11-15H,7-10H2,1-6H3/t15-/m1/s1. The van der Waals surface area contributed by atoms with Crippen LogP contribution in [0, 0.1) is 16.8 Å². The number of ether oxygens (including phenoxy) is 4. The number of fused-ring (bicyclic) bond motifs is 2. The van der Waals surface area contributed by atoms with Gasteiger partial charge in [0, 0.05) is 36.7 Å². The molecule has 1 atom stereocenters. The number of hydrogen-bond acceptors (Lipinski definition) is 8. The van der Waals surface area contributed by atoms with Crippen molar-refractivity contribution in [3.8, 4) is 34.1 Å². The summed E-state index contributed by atoms with van der Waals surface area (Å²) in [5.74, 6) is -1.74. The summed E-state index contributed by atoms with van der Waals surface area (Å²) in [7, 11) is 2.88. The number of pyridine rings is 1. The molecule has 5 rings (SSSR count). The summed E-state index contributed by atoms with van der Waals surface area (Å²) in [6.45, 7) is 8.17. The maximum absolute atomic E-state index is 15.7. The molecule has 0 aliphatic carbocycles. The number of halogens is 3. The van der Waals surface area contributed by atoms with Gasteiger partial charge in [0.05, 0.1) is 37.6 Å². The molecule has 0 fully saturated rings. The van der Waals surface area contributed by atoms with Gasteiger partial charge >= 0.3 is 6.09 Å². The SMILES string of the molecule is COCCOc1cc(F)cc(F)c1-c1c(-c2cc3n(n2)CCN(C(=O)OC(C)(C)C)[C@@H]3C)nc(OC)c2sc(F)cc12. The number of carbonyl (C=O) groups is 1. The van der Waals surface area contributed by atoms with Crippen LogP contribution in [0.2, 0.25) is 0 Å². The van der Waals surface area contributed by atoms with Gasteiger partial charge < -0.3 is 18.9 Å². The van der Waals surface area contributed by atoms with Crippen molar-refractivity contribution in [3.63, 3.8) is 0 Å². The number of rotatable bonds is 7. The van der Waals surface area contributed by atoms with Gasteiger partial charge in [-0.05, 0) is 39.8 Å². The molecule has 0 saturated carbocycles. The van der Waals surface area contributed by atoms with Crippen LogP contribution in [-0.2, 0) is 16.0 Å². The van der Waals surface area contributed by atoms with E-state index in [1.165, 1.54) is 20.3 Å². The smallest absolute Gasteiger partial charge is 0.410 e. The fourth-order valence-corrected chi connectivity index (χ4v) is 5.81. The van der Waals surface area contributed by atoms with E-state index in [1.807, 2.05) is 6.92 Å². The molecule has 1 aromatic carbocycles. The molecule has 0 N–H and O–H groups in total. The largest absolute Gasteiger partial charge is 0.490 e. The predicted molar refractivity (Wildman–Crippen MR) is 151 cm³/mol. The number of methoxy groups -OCH3 is 2. The minimum Gasteiger partial charge on any atom is -0.490 e. The molecule has 1 amide bonds. The average molecular weight is 605 g/mol. The van der Waals surface area contributed by atoms with Gasteiger partial charge in [-0.25, -0.2) is 18.6 Å². The van der Waals surface area contributed by atoms with Crippen molar-refractivity contribution in [2.24, 2.45) is 0 Å². The highest BCUT2D eigenvalue weighted by Gasteiger charge is 2.34. The van der Waals surface area contributed by atoms with Gasteiger partial charge in [-0.3, -0.25) is 9.58 Å². The molecule has 0 spiro atoms. The van der Waals surface area contributed by atoms with Crippen LogP contribution >= 0.6 is 11.3 Å². The van der Waals surface area contributed by atoms with E-state index in [9.17, 15) is 13.6 Å². The summed E-state index contributed by atoms with van der Waals surface area (Å²) >= 11 is 0.793. The van der Waals surface area contributed by atoms with Crippen molar-refractivity contribution in [3.05, 3.63) is 46.7 Å². The van der Waals surface area contributed by atoms with Gasteiger partial charge in [-0.2, -0.15) is 9.49 Å². The zero-order valence-electron chi connectivity index (χ0n) is 24.1.